The number of hydrogen-bond acceptors (Lipinski definition) is 3. The van der Waals surface area contributed by atoms with Crippen molar-refractivity contribution in [1.82, 2.24) is 0 Å². The molecule has 1 aromatic carbocycles. The number of rotatable bonds is 2. The van der Waals surface area contributed by atoms with E-state index in [1.165, 1.54) is 24.3 Å². The van der Waals surface area contributed by atoms with Crippen molar-refractivity contribution in [2.45, 2.75) is 0 Å². The largest absolute Gasteiger partial charge is 0.401 e. The van der Waals surface area contributed by atoms with E-state index in [-0.39, 0.29) is 5.75 Å². The van der Waals surface area contributed by atoms with E-state index in [1.54, 1.807) is 0 Å². The molecule has 0 fully saturated rings. The average Bonchev–Trinajstić information content (AvgIpc) is 2.05. The van der Waals surface area contributed by atoms with E-state index in [4.69, 9.17) is 5.26 Å². The van der Waals surface area contributed by atoms with Crippen molar-refractivity contribution >= 4 is 11.5 Å². The maximum atomic E-state index is 11.8. The van der Waals surface area contributed by atoms with E-state index < -0.39 is 11.5 Å². The van der Waals surface area contributed by atoms with Gasteiger partial charge in [-0.25, -0.2) is 0 Å². The van der Waals surface area contributed by atoms with Crippen LogP contribution in [0.5, 0.6) is 5.75 Å². The fraction of sp³-hybridized carbons (Fsp3) is 0. The van der Waals surface area contributed by atoms with Crippen LogP contribution >= 0.6 is 0 Å². The SMILES string of the molecule is N#Cc1ccc(OS(=O)F)cc1. The molecule has 0 aliphatic heterocycles. The van der Waals surface area contributed by atoms with E-state index in [1.807, 2.05) is 6.07 Å². The van der Waals surface area contributed by atoms with E-state index in [2.05, 4.69) is 4.18 Å². The molecule has 1 unspecified atom stereocenters. The van der Waals surface area contributed by atoms with Crippen molar-refractivity contribution in [3.05, 3.63) is 29.8 Å². The maximum Gasteiger partial charge on any atom is 0.401 e. The van der Waals surface area contributed by atoms with Crippen molar-refractivity contribution in [2.24, 2.45) is 0 Å². The minimum Gasteiger partial charge on any atom is -0.377 e. The van der Waals surface area contributed by atoms with Gasteiger partial charge in [0.05, 0.1) is 11.6 Å². The molecule has 0 N–H and O–H groups in total. The lowest BCUT2D eigenvalue weighted by Gasteiger charge is -1.96. The normalized spacial score (nSPS) is 11.7. The third kappa shape index (κ3) is 2.32. The average molecular weight is 185 g/mol. The van der Waals surface area contributed by atoms with Gasteiger partial charge in [0.1, 0.15) is 5.75 Å². The molecule has 0 aliphatic rings. The first kappa shape index (κ1) is 8.68. The van der Waals surface area contributed by atoms with Gasteiger partial charge in [0.2, 0.25) is 0 Å². The van der Waals surface area contributed by atoms with Crippen molar-refractivity contribution in [1.29, 1.82) is 5.26 Å². The second-order valence-electron chi connectivity index (χ2n) is 1.91. The first-order valence-corrected chi connectivity index (χ1v) is 3.96. The van der Waals surface area contributed by atoms with Crippen molar-refractivity contribution in [3.8, 4) is 11.8 Å². The molecule has 3 nitrogen and oxygen atoms in total. The van der Waals surface area contributed by atoms with Crippen LogP contribution in [0.3, 0.4) is 0 Å². The quantitative estimate of drug-likeness (QED) is 0.656. The smallest absolute Gasteiger partial charge is 0.377 e. The van der Waals surface area contributed by atoms with Crippen LogP contribution < -0.4 is 4.18 Å². The van der Waals surface area contributed by atoms with Gasteiger partial charge < -0.3 is 4.18 Å². The summed E-state index contributed by atoms with van der Waals surface area (Å²) in [6.45, 7) is 0. The van der Waals surface area contributed by atoms with E-state index in [0.717, 1.165) is 0 Å². The Labute approximate surface area is 71.3 Å². The summed E-state index contributed by atoms with van der Waals surface area (Å²) in [7, 11) is 0. The van der Waals surface area contributed by atoms with Crippen LogP contribution in [0.1, 0.15) is 5.56 Å². The molecule has 1 rings (SSSR count). The van der Waals surface area contributed by atoms with Gasteiger partial charge in [-0.1, -0.05) is 3.89 Å². The summed E-state index contributed by atoms with van der Waals surface area (Å²) in [6.07, 6.45) is 0. The Balaban J connectivity index is 2.80. The molecule has 0 aromatic heterocycles. The van der Waals surface area contributed by atoms with Crippen LogP contribution in [0.2, 0.25) is 0 Å². The fourth-order valence-electron chi connectivity index (χ4n) is 0.661. The van der Waals surface area contributed by atoms with E-state index in [0.29, 0.717) is 5.56 Å². The molecular formula is C7H4FNO2S. The van der Waals surface area contributed by atoms with Crippen molar-refractivity contribution < 1.29 is 12.3 Å². The number of benzene rings is 1. The Morgan fingerprint density at radius 3 is 2.42 bits per heavy atom. The maximum absolute atomic E-state index is 11.8. The van der Waals surface area contributed by atoms with Gasteiger partial charge in [0.25, 0.3) is 0 Å². The zero-order valence-corrected chi connectivity index (χ0v) is 6.68. The minimum atomic E-state index is -2.81. The second-order valence-corrected chi connectivity index (χ2v) is 2.47. The summed E-state index contributed by atoms with van der Waals surface area (Å²) in [5.74, 6) is 0.134. The summed E-state index contributed by atoms with van der Waals surface area (Å²) in [4.78, 5) is 0. The first-order chi connectivity index (χ1) is 5.72. The first-order valence-electron chi connectivity index (χ1n) is 2.99. The third-order valence-corrected chi connectivity index (χ3v) is 1.47. The monoisotopic (exact) mass is 185 g/mol. The number of nitriles is 1. The van der Waals surface area contributed by atoms with Crippen LogP contribution in [-0.4, -0.2) is 4.21 Å². The predicted molar refractivity (Wildman–Crippen MR) is 41.0 cm³/mol. The molecule has 0 saturated heterocycles. The van der Waals surface area contributed by atoms with Gasteiger partial charge in [-0.2, -0.15) is 9.47 Å². The molecule has 5 heteroatoms. The van der Waals surface area contributed by atoms with Gasteiger partial charge in [0, 0.05) is 0 Å². The van der Waals surface area contributed by atoms with E-state index in [9.17, 15) is 8.09 Å². The lowest BCUT2D eigenvalue weighted by Crippen LogP contribution is -1.91. The van der Waals surface area contributed by atoms with Gasteiger partial charge >= 0.3 is 11.5 Å². The lowest BCUT2D eigenvalue weighted by molar-refractivity contribution is 0.519. The fourth-order valence-corrected chi connectivity index (χ4v) is 0.923. The van der Waals surface area contributed by atoms with Crippen LogP contribution in [0.25, 0.3) is 0 Å². The Bertz CT molecular complexity index is 330. The molecule has 12 heavy (non-hydrogen) atoms. The van der Waals surface area contributed by atoms with Crippen LogP contribution in [0.15, 0.2) is 24.3 Å². The Morgan fingerprint density at radius 2 is 2.00 bits per heavy atom. The predicted octanol–water partition coefficient (Wildman–Crippen LogP) is 1.49. The molecular weight excluding hydrogens is 181 g/mol. The molecule has 0 amide bonds. The standard InChI is InChI=1S/C7H4FNO2S/c8-12(10)11-7-3-1-6(5-9)2-4-7/h1-4H. The van der Waals surface area contributed by atoms with Gasteiger partial charge in [-0.15, -0.1) is 0 Å². The molecule has 1 atom stereocenters. The Morgan fingerprint density at radius 1 is 1.42 bits per heavy atom. The molecule has 1 aromatic rings. The van der Waals surface area contributed by atoms with Gasteiger partial charge in [-0.3, -0.25) is 0 Å². The summed E-state index contributed by atoms with van der Waals surface area (Å²) >= 11 is -2.81. The van der Waals surface area contributed by atoms with Crippen molar-refractivity contribution in [2.75, 3.05) is 0 Å². The molecule has 0 aliphatic carbocycles. The van der Waals surface area contributed by atoms with Gasteiger partial charge in [0.15, 0.2) is 0 Å². The summed E-state index contributed by atoms with van der Waals surface area (Å²) < 4.78 is 25.9. The Kier molecular flexibility index (Phi) is 2.77. The van der Waals surface area contributed by atoms with Crippen molar-refractivity contribution in [3.63, 3.8) is 0 Å². The van der Waals surface area contributed by atoms with E-state index >= 15 is 0 Å². The molecule has 62 valence electrons. The highest BCUT2D eigenvalue weighted by Gasteiger charge is 1.98. The molecule has 0 saturated carbocycles. The molecule has 0 radical (unpaired) electrons. The summed E-state index contributed by atoms with van der Waals surface area (Å²) in [5, 5.41) is 8.39. The molecule has 0 heterocycles. The number of nitrogens with zero attached hydrogens (tertiary/aromatic N) is 1. The highest BCUT2D eigenvalue weighted by molar-refractivity contribution is 7.75. The zero-order valence-electron chi connectivity index (χ0n) is 5.86. The van der Waals surface area contributed by atoms with Crippen LogP contribution in [-0.2, 0) is 11.5 Å². The minimum absolute atomic E-state index is 0.134. The second kappa shape index (κ2) is 3.83. The van der Waals surface area contributed by atoms with Gasteiger partial charge in [-0.05, 0) is 24.3 Å². The topological polar surface area (TPSA) is 50.1 Å². The Hall–Kier alpha value is -1.41. The zero-order chi connectivity index (χ0) is 8.97. The highest BCUT2D eigenvalue weighted by Crippen LogP contribution is 2.12. The lowest BCUT2D eigenvalue weighted by atomic mass is 10.2. The molecule has 0 bridgehead atoms. The third-order valence-electron chi connectivity index (χ3n) is 1.15. The summed E-state index contributed by atoms with van der Waals surface area (Å²) in [5.41, 5.74) is 0.437. The highest BCUT2D eigenvalue weighted by atomic mass is 32.2. The number of halogens is 1. The van der Waals surface area contributed by atoms with Crippen LogP contribution in [0, 0.1) is 11.3 Å². The van der Waals surface area contributed by atoms with Crippen LogP contribution in [0.4, 0.5) is 3.89 Å². The number of hydrogen-bond donors (Lipinski definition) is 0. The summed E-state index contributed by atoms with van der Waals surface area (Å²) in [6, 6.07) is 7.52. The molecule has 0 spiro atoms.